The van der Waals surface area contributed by atoms with Crippen LogP contribution in [0.1, 0.15) is 5.56 Å². The Morgan fingerprint density at radius 1 is 1.12 bits per heavy atom. The summed E-state index contributed by atoms with van der Waals surface area (Å²) in [4.78, 5) is 8.35. The molecule has 25 heavy (non-hydrogen) atoms. The van der Waals surface area contributed by atoms with Crippen molar-refractivity contribution in [3.05, 3.63) is 71.5 Å². The van der Waals surface area contributed by atoms with Gasteiger partial charge in [0.2, 0.25) is 0 Å². The predicted molar refractivity (Wildman–Crippen MR) is 89.3 cm³/mol. The van der Waals surface area contributed by atoms with Crippen LogP contribution in [0.2, 0.25) is 5.15 Å². The van der Waals surface area contributed by atoms with Crippen molar-refractivity contribution in [1.29, 1.82) is 0 Å². The van der Waals surface area contributed by atoms with Crippen LogP contribution in [-0.4, -0.2) is 24.9 Å². The van der Waals surface area contributed by atoms with E-state index in [4.69, 9.17) is 16.1 Å². The highest BCUT2D eigenvalue weighted by Crippen LogP contribution is 2.25. The van der Waals surface area contributed by atoms with Crippen molar-refractivity contribution in [3.63, 3.8) is 0 Å². The quantitative estimate of drug-likeness (QED) is 0.520. The summed E-state index contributed by atoms with van der Waals surface area (Å²) < 4.78 is 20.6. The van der Waals surface area contributed by atoms with Crippen LogP contribution in [0.4, 0.5) is 4.39 Å². The van der Waals surface area contributed by atoms with Crippen LogP contribution in [0.3, 0.4) is 0 Å². The minimum Gasteiger partial charge on any atom is -0.364 e. The first-order valence-electron chi connectivity index (χ1n) is 7.41. The summed E-state index contributed by atoms with van der Waals surface area (Å²) in [6.07, 6.45) is 3.02. The van der Waals surface area contributed by atoms with Crippen molar-refractivity contribution < 1.29 is 8.91 Å². The Kier molecular flexibility index (Phi) is 3.99. The zero-order valence-corrected chi connectivity index (χ0v) is 13.6. The largest absolute Gasteiger partial charge is 0.364 e. The molecule has 0 atom stereocenters. The lowest BCUT2D eigenvalue weighted by Crippen LogP contribution is -2.06. The molecule has 124 valence electrons. The average molecular weight is 356 g/mol. The molecule has 1 aromatic carbocycles. The lowest BCUT2D eigenvalue weighted by atomic mass is 10.2. The maximum atomic E-state index is 14.0. The number of benzene rings is 1. The molecule has 8 heteroatoms. The van der Waals surface area contributed by atoms with Crippen molar-refractivity contribution in [2.45, 2.75) is 6.54 Å². The number of hydrogen-bond acceptors (Lipinski definition) is 5. The van der Waals surface area contributed by atoms with E-state index in [1.807, 2.05) is 0 Å². The highest BCUT2D eigenvalue weighted by molar-refractivity contribution is 6.29. The van der Waals surface area contributed by atoms with Gasteiger partial charge in [0.15, 0.2) is 5.82 Å². The minimum absolute atomic E-state index is 0.232. The molecule has 0 radical (unpaired) electrons. The Hall–Kier alpha value is -3.06. The zero-order valence-electron chi connectivity index (χ0n) is 12.8. The smallest absolute Gasteiger partial charge is 0.181 e. The summed E-state index contributed by atoms with van der Waals surface area (Å²) in [7, 11) is 0. The van der Waals surface area contributed by atoms with Gasteiger partial charge in [-0.1, -0.05) is 35.0 Å². The van der Waals surface area contributed by atoms with Gasteiger partial charge in [0, 0.05) is 17.8 Å². The topological polar surface area (TPSA) is 69.6 Å². The summed E-state index contributed by atoms with van der Waals surface area (Å²) in [6, 6.07) is 11.6. The van der Waals surface area contributed by atoms with Crippen LogP contribution in [0, 0.1) is 5.82 Å². The highest BCUT2D eigenvalue weighted by atomic mass is 35.5. The van der Waals surface area contributed by atoms with Gasteiger partial charge in [-0.3, -0.25) is 4.68 Å². The van der Waals surface area contributed by atoms with Crippen molar-refractivity contribution in [2.75, 3.05) is 0 Å². The first kappa shape index (κ1) is 15.5. The molecule has 0 aliphatic heterocycles. The second-order valence-electron chi connectivity index (χ2n) is 5.25. The first-order chi connectivity index (χ1) is 12.2. The van der Waals surface area contributed by atoms with Gasteiger partial charge in [-0.05, 0) is 18.2 Å². The Balaban J connectivity index is 1.80. The molecule has 0 amide bonds. The summed E-state index contributed by atoms with van der Waals surface area (Å²) in [6.45, 7) is 0.232. The van der Waals surface area contributed by atoms with E-state index in [9.17, 15) is 4.39 Å². The van der Waals surface area contributed by atoms with Gasteiger partial charge in [-0.15, -0.1) is 0 Å². The van der Waals surface area contributed by atoms with Gasteiger partial charge in [0.25, 0.3) is 0 Å². The van der Waals surface area contributed by atoms with Crippen molar-refractivity contribution in [2.24, 2.45) is 0 Å². The van der Waals surface area contributed by atoms with E-state index in [1.165, 1.54) is 12.3 Å². The van der Waals surface area contributed by atoms with Gasteiger partial charge >= 0.3 is 0 Å². The molecular weight excluding hydrogens is 345 g/mol. The van der Waals surface area contributed by atoms with E-state index in [0.29, 0.717) is 33.6 Å². The summed E-state index contributed by atoms with van der Waals surface area (Å²) >= 11 is 5.93. The molecule has 4 rings (SSSR count). The molecule has 0 N–H and O–H groups in total. The Morgan fingerprint density at radius 3 is 2.76 bits per heavy atom. The maximum absolute atomic E-state index is 14.0. The molecule has 0 aliphatic rings. The molecule has 0 saturated heterocycles. The summed E-state index contributed by atoms with van der Waals surface area (Å²) in [5, 5.41) is 8.75. The van der Waals surface area contributed by atoms with Gasteiger partial charge in [-0.2, -0.15) is 5.10 Å². The number of aromatic nitrogens is 5. The fourth-order valence-electron chi connectivity index (χ4n) is 2.45. The molecule has 0 spiro atoms. The number of hydrogen-bond donors (Lipinski definition) is 0. The predicted octanol–water partition coefficient (Wildman–Crippen LogP) is 3.84. The molecule has 6 nitrogen and oxygen atoms in total. The molecule has 0 saturated carbocycles. The molecule has 0 unspecified atom stereocenters. The first-order valence-corrected chi connectivity index (χ1v) is 7.79. The molecule has 3 heterocycles. The van der Waals surface area contributed by atoms with E-state index in [-0.39, 0.29) is 12.4 Å². The van der Waals surface area contributed by atoms with Gasteiger partial charge < -0.3 is 4.52 Å². The molecule has 0 bridgehead atoms. The summed E-state index contributed by atoms with van der Waals surface area (Å²) in [5.41, 5.74) is 2.26. The SMILES string of the molecule is Fc1ccccc1Cn1nc(-c2nccc(Cl)n2)cc1-c1ccon1. The third-order valence-electron chi connectivity index (χ3n) is 3.61. The maximum Gasteiger partial charge on any atom is 0.181 e. The number of rotatable bonds is 4. The fourth-order valence-corrected chi connectivity index (χ4v) is 2.58. The van der Waals surface area contributed by atoms with E-state index in [2.05, 4.69) is 20.2 Å². The second-order valence-corrected chi connectivity index (χ2v) is 5.64. The van der Waals surface area contributed by atoms with E-state index < -0.39 is 0 Å². The Labute approximate surface area is 146 Å². The lowest BCUT2D eigenvalue weighted by molar-refractivity contribution is 0.421. The Bertz CT molecular complexity index is 1020. The fraction of sp³-hybridized carbons (Fsp3) is 0.0588. The third kappa shape index (κ3) is 3.14. The van der Waals surface area contributed by atoms with Crippen LogP contribution in [0.15, 0.2) is 59.4 Å². The molecule has 0 aliphatic carbocycles. The van der Waals surface area contributed by atoms with E-state index in [1.54, 1.807) is 47.3 Å². The highest BCUT2D eigenvalue weighted by Gasteiger charge is 2.16. The monoisotopic (exact) mass is 355 g/mol. The molecular formula is C17H11ClFN5O. The van der Waals surface area contributed by atoms with Gasteiger partial charge in [-0.25, -0.2) is 14.4 Å². The third-order valence-corrected chi connectivity index (χ3v) is 3.82. The standard InChI is InChI=1S/C17H11ClFN5O/c18-16-5-7-20-17(21-16)14-9-15(13-6-8-25-23-13)24(22-14)10-11-3-1-2-4-12(11)19/h1-9H,10H2. The normalized spacial score (nSPS) is 11.0. The van der Waals surface area contributed by atoms with Crippen LogP contribution in [-0.2, 0) is 6.54 Å². The zero-order chi connectivity index (χ0) is 17.2. The van der Waals surface area contributed by atoms with Crippen molar-refractivity contribution in [3.8, 4) is 22.9 Å². The van der Waals surface area contributed by atoms with Gasteiger partial charge in [0.05, 0.1) is 12.2 Å². The van der Waals surface area contributed by atoms with Crippen LogP contribution < -0.4 is 0 Å². The van der Waals surface area contributed by atoms with E-state index >= 15 is 0 Å². The van der Waals surface area contributed by atoms with Crippen molar-refractivity contribution >= 4 is 11.6 Å². The minimum atomic E-state index is -0.301. The Morgan fingerprint density at radius 2 is 2.00 bits per heavy atom. The van der Waals surface area contributed by atoms with E-state index in [0.717, 1.165) is 0 Å². The molecule has 0 fully saturated rings. The van der Waals surface area contributed by atoms with Crippen molar-refractivity contribution in [1.82, 2.24) is 24.9 Å². The number of nitrogens with zero attached hydrogens (tertiary/aromatic N) is 5. The molecule has 4 aromatic rings. The lowest BCUT2D eigenvalue weighted by Gasteiger charge is -2.06. The van der Waals surface area contributed by atoms with Gasteiger partial charge in [0.1, 0.15) is 28.6 Å². The number of halogens is 2. The van der Waals surface area contributed by atoms with Crippen LogP contribution in [0.25, 0.3) is 22.9 Å². The van der Waals surface area contributed by atoms with Crippen LogP contribution in [0.5, 0.6) is 0 Å². The second kappa shape index (κ2) is 6.45. The van der Waals surface area contributed by atoms with Crippen LogP contribution >= 0.6 is 11.6 Å². The average Bonchev–Trinajstić information content (AvgIpc) is 3.26. The summed E-state index contributed by atoms with van der Waals surface area (Å²) in [5.74, 6) is 0.0780. The molecule has 3 aromatic heterocycles.